The molecule has 0 radical (unpaired) electrons. The third-order valence-electron chi connectivity index (χ3n) is 3.91. The Balaban J connectivity index is 2.15. The number of nitro benzene ring substituents is 3. The molecule has 0 aliphatic carbocycles. The number of fused-ring (bicyclic) bond motifs is 1. The fraction of sp³-hybridized carbons (Fsp3) is 0.0667. The molecule has 0 saturated heterocycles. The molecule has 0 spiro atoms. The summed E-state index contributed by atoms with van der Waals surface area (Å²) >= 11 is 6.02. The van der Waals surface area contributed by atoms with E-state index in [9.17, 15) is 30.3 Å². The SMILES string of the molecule is CN(Nc1c([N+](=O)[O-])cc([N+](=O)[O-])cc1[N+](=O)[O-])c1nnc(Cl)c2ccccc12. The molecule has 1 N–H and O–H groups in total. The highest BCUT2D eigenvalue weighted by Gasteiger charge is 2.31. The summed E-state index contributed by atoms with van der Waals surface area (Å²) in [6.45, 7) is 0. The summed E-state index contributed by atoms with van der Waals surface area (Å²) in [5, 5.41) is 43.9. The van der Waals surface area contributed by atoms with Crippen molar-refractivity contribution in [3.63, 3.8) is 0 Å². The Bertz CT molecular complexity index is 1140. The number of nitrogens with one attached hydrogen (secondary N) is 1. The van der Waals surface area contributed by atoms with E-state index in [0.29, 0.717) is 22.9 Å². The van der Waals surface area contributed by atoms with Crippen molar-refractivity contribution in [3.05, 3.63) is 71.9 Å². The largest absolute Gasteiger partial charge is 0.308 e. The summed E-state index contributed by atoms with van der Waals surface area (Å²) in [5.41, 5.74) is -0.501. The minimum atomic E-state index is -0.957. The highest BCUT2D eigenvalue weighted by atomic mass is 35.5. The van der Waals surface area contributed by atoms with Crippen LogP contribution in [0, 0.1) is 30.3 Å². The van der Waals surface area contributed by atoms with Gasteiger partial charge in [0, 0.05) is 17.8 Å². The van der Waals surface area contributed by atoms with Gasteiger partial charge in [-0.1, -0.05) is 35.9 Å². The Labute approximate surface area is 165 Å². The third kappa shape index (κ3) is 3.66. The van der Waals surface area contributed by atoms with Crippen LogP contribution in [-0.4, -0.2) is 32.0 Å². The lowest BCUT2D eigenvalue weighted by atomic mass is 10.2. The molecule has 2 aromatic carbocycles. The van der Waals surface area contributed by atoms with Crippen molar-refractivity contribution >= 4 is 50.9 Å². The Kier molecular flexibility index (Phi) is 5.06. The van der Waals surface area contributed by atoms with E-state index in [4.69, 9.17) is 11.6 Å². The molecular formula is C15H10ClN7O6. The Hall–Kier alpha value is -4.13. The van der Waals surface area contributed by atoms with Gasteiger partial charge in [0.2, 0.25) is 5.69 Å². The molecule has 29 heavy (non-hydrogen) atoms. The predicted octanol–water partition coefficient (Wildman–Crippen LogP) is 3.47. The molecule has 148 valence electrons. The maximum absolute atomic E-state index is 11.4. The van der Waals surface area contributed by atoms with Gasteiger partial charge >= 0.3 is 11.4 Å². The van der Waals surface area contributed by atoms with Crippen molar-refractivity contribution in [1.82, 2.24) is 10.2 Å². The number of hydrogen-bond donors (Lipinski definition) is 1. The van der Waals surface area contributed by atoms with Gasteiger partial charge in [0.1, 0.15) is 0 Å². The first-order valence-electron chi connectivity index (χ1n) is 7.73. The van der Waals surface area contributed by atoms with Crippen molar-refractivity contribution in [2.45, 2.75) is 0 Å². The van der Waals surface area contributed by atoms with Crippen molar-refractivity contribution in [2.24, 2.45) is 0 Å². The minimum absolute atomic E-state index is 0.130. The van der Waals surface area contributed by atoms with Crippen LogP contribution >= 0.6 is 11.6 Å². The second-order valence-corrected chi connectivity index (χ2v) is 6.02. The van der Waals surface area contributed by atoms with Crippen LogP contribution < -0.4 is 10.4 Å². The summed E-state index contributed by atoms with van der Waals surface area (Å²) < 4.78 is 0. The molecule has 0 fully saturated rings. The molecule has 0 aliphatic rings. The lowest BCUT2D eigenvalue weighted by molar-refractivity contribution is -0.401. The lowest BCUT2D eigenvalue weighted by Crippen LogP contribution is -2.27. The van der Waals surface area contributed by atoms with Gasteiger partial charge in [-0.15, -0.1) is 10.2 Å². The summed E-state index contributed by atoms with van der Waals surface area (Å²) in [6, 6.07) is 8.04. The van der Waals surface area contributed by atoms with Gasteiger partial charge in [0.25, 0.3) is 5.69 Å². The highest BCUT2D eigenvalue weighted by molar-refractivity contribution is 6.34. The van der Waals surface area contributed by atoms with Crippen LogP contribution in [0.1, 0.15) is 0 Å². The quantitative estimate of drug-likeness (QED) is 0.460. The molecule has 1 aromatic heterocycles. The fourth-order valence-electron chi connectivity index (χ4n) is 2.63. The lowest BCUT2D eigenvalue weighted by Gasteiger charge is -2.21. The monoisotopic (exact) mass is 419 g/mol. The summed E-state index contributed by atoms with van der Waals surface area (Å²) in [7, 11) is 1.40. The Morgan fingerprint density at radius 2 is 1.48 bits per heavy atom. The van der Waals surface area contributed by atoms with Gasteiger partial charge in [0.15, 0.2) is 11.0 Å². The average Bonchev–Trinajstić information content (AvgIpc) is 2.67. The van der Waals surface area contributed by atoms with Crippen LogP contribution in [0.4, 0.5) is 28.6 Å². The number of non-ortho nitro benzene ring substituents is 1. The maximum Gasteiger partial charge on any atom is 0.308 e. The number of nitro groups is 3. The standard InChI is InChI=1S/C15H10ClN7O6/c1-20(15-10-5-3-2-4-9(10)14(16)17-18-15)19-13-11(22(26)27)6-8(21(24)25)7-12(13)23(28)29/h2-7,19H,1H3. The van der Waals surface area contributed by atoms with Gasteiger partial charge in [-0.3, -0.25) is 40.8 Å². The van der Waals surface area contributed by atoms with Crippen molar-refractivity contribution in [3.8, 4) is 0 Å². The zero-order valence-electron chi connectivity index (χ0n) is 14.5. The topological polar surface area (TPSA) is 170 Å². The molecule has 0 saturated carbocycles. The van der Waals surface area contributed by atoms with Crippen molar-refractivity contribution in [2.75, 3.05) is 17.5 Å². The maximum atomic E-state index is 11.4. The summed E-state index contributed by atoms with van der Waals surface area (Å²) in [4.78, 5) is 30.9. The Morgan fingerprint density at radius 3 is 2.00 bits per heavy atom. The molecule has 1 heterocycles. The first-order chi connectivity index (χ1) is 13.7. The number of aromatic nitrogens is 2. The normalized spacial score (nSPS) is 10.6. The highest BCUT2D eigenvalue weighted by Crippen LogP contribution is 2.39. The fourth-order valence-corrected chi connectivity index (χ4v) is 2.83. The van der Waals surface area contributed by atoms with E-state index < -0.39 is 37.5 Å². The van der Waals surface area contributed by atoms with Crippen LogP contribution in [0.2, 0.25) is 5.15 Å². The van der Waals surface area contributed by atoms with Crippen LogP contribution in [0.3, 0.4) is 0 Å². The van der Waals surface area contributed by atoms with Gasteiger partial charge in [-0.05, 0) is 0 Å². The number of benzene rings is 2. The van der Waals surface area contributed by atoms with Crippen molar-refractivity contribution in [1.29, 1.82) is 0 Å². The number of rotatable bonds is 6. The second kappa shape index (κ2) is 7.47. The number of hydrogen-bond acceptors (Lipinski definition) is 10. The van der Waals surface area contributed by atoms with Gasteiger partial charge < -0.3 is 0 Å². The van der Waals surface area contributed by atoms with Crippen LogP contribution in [0.15, 0.2) is 36.4 Å². The average molecular weight is 420 g/mol. The zero-order chi connectivity index (χ0) is 21.3. The number of halogens is 1. The van der Waals surface area contributed by atoms with E-state index in [1.54, 1.807) is 24.3 Å². The van der Waals surface area contributed by atoms with Crippen LogP contribution in [0.25, 0.3) is 10.8 Å². The summed E-state index contributed by atoms with van der Waals surface area (Å²) in [5.74, 6) is 0.173. The number of hydrazine groups is 1. The smallest absolute Gasteiger partial charge is 0.285 e. The Morgan fingerprint density at radius 1 is 0.931 bits per heavy atom. The first kappa shape index (κ1) is 19.6. The number of anilines is 2. The van der Waals surface area contributed by atoms with Gasteiger partial charge in [-0.2, -0.15) is 0 Å². The van der Waals surface area contributed by atoms with E-state index >= 15 is 0 Å². The van der Waals surface area contributed by atoms with Crippen LogP contribution in [-0.2, 0) is 0 Å². The molecule has 3 rings (SSSR count). The molecule has 14 heteroatoms. The minimum Gasteiger partial charge on any atom is -0.285 e. The van der Waals surface area contributed by atoms with Gasteiger partial charge in [0.05, 0.1) is 26.9 Å². The molecular weight excluding hydrogens is 410 g/mol. The second-order valence-electron chi connectivity index (χ2n) is 5.66. The van der Waals surface area contributed by atoms with Crippen molar-refractivity contribution < 1.29 is 14.8 Å². The van der Waals surface area contributed by atoms with E-state index in [1.807, 2.05) is 0 Å². The molecule has 0 amide bonds. The van der Waals surface area contributed by atoms with E-state index in [-0.39, 0.29) is 11.0 Å². The predicted molar refractivity (Wildman–Crippen MR) is 103 cm³/mol. The molecule has 0 unspecified atom stereocenters. The molecule has 0 aliphatic heterocycles. The van der Waals surface area contributed by atoms with Crippen LogP contribution in [0.5, 0.6) is 0 Å². The van der Waals surface area contributed by atoms with E-state index in [1.165, 1.54) is 12.1 Å². The molecule has 0 atom stereocenters. The first-order valence-corrected chi connectivity index (χ1v) is 8.11. The van der Waals surface area contributed by atoms with Gasteiger partial charge in [-0.25, -0.2) is 0 Å². The summed E-state index contributed by atoms with van der Waals surface area (Å²) in [6.07, 6.45) is 0. The van der Waals surface area contributed by atoms with E-state index in [0.717, 1.165) is 0 Å². The molecule has 13 nitrogen and oxygen atoms in total. The zero-order valence-corrected chi connectivity index (χ0v) is 15.2. The molecule has 3 aromatic rings. The van der Waals surface area contributed by atoms with E-state index in [2.05, 4.69) is 15.6 Å². The number of nitrogens with zero attached hydrogens (tertiary/aromatic N) is 6. The third-order valence-corrected chi connectivity index (χ3v) is 4.18. The molecule has 0 bridgehead atoms.